The fourth-order valence-corrected chi connectivity index (χ4v) is 4.53. The highest BCUT2D eigenvalue weighted by molar-refractivity contribution is 5.97. The fourth-order valence-electron chi connectivity index (χ4n) is 4.53. The van der Waals surface area contributed by atoms with Crippen molar-refractivity contribution in [3.05, 3.63) is 45.5 Å². The fraction of sp³-hybridized carbons (Fsp3) is 0.444. The van der Waals surface area contributed by atoms with Gasteiger partial charge in [-0.25, -0.2) is 0 Å². The summed E-state index contributed by atoms with van der Waals surface area (Å²) in [5.74, 6) is -2.85. The average molecular weight is 344 g/mol. The second kappa shape index (κ2) is 6.31. The molecule has 1 aromatic carbocycles. The Hall–Kier alpha value is -2.70. The molecule has 7 nitrogen and oxygen atoms in total. The molecule has 0 spiro atoms. The first-order valence-electron chi connectivity index (χ1n) is 8.26. The summed E-state index contributed by atoms with van der Waals surface area (Å²) in [5, 5.41) is 23.2. The molecule has 2 N–H and O–H groups in total. The number of non-ortho nitro benzene ring substituents is 1. The van der Waals surface area contributed by atoms with Crippen molar-refractivity contribution in [2.45, 2.75) is 26.7 Å². The molecule has 0 unspecified atom stereocenters. The van der Waals surface area contributed by atoms with Crippen molar-refractivity contribution >= 4 is 23.3 Å². The van der Waals surface area contributed by atoms with Gasteiger partial charge in [-0.05, 0) is 44.6 Å². The number of nitro benzene ring substituents is 1. The molecule has 1 amide bonds. The van der Waals surface area contributed by atoms with Crippen LogP contribution in [0.4, 0.5) is 11.4 Å². The zero-order valence-corrected chi connectivity index (χ0v) is 14.1. The minimum atomic E-state index is -0.954. The van der Waals surface area contributed by atoms with Crippen LogP contribution in [0.1, 0.15) is 26.7 Å². The van der Waals surface area contributed by atoms with Crippen molar-refractivity contribution in [3.63, 3.8) is 0 Å². The minimum Gasteiger partial charge on any atom is -0.481 e. The zero-order chi connectivity index (χ0) is 18.3. The number of carboxylic acids is 1. The van der Waals surface area contributed by atoms with Crippen molar-refractivity contribution in [2.24, 2.45) is 23.7 Å². The third-order valence-electron chi connectivity index (χ3n) is 5.33. The molecule has 0 aromatic heterocycles. The Morgan fingerprint density at radius 3 is 2.40 bits per heavy atom. The van der Waals surface area contributed by atoms with Gasteiger partial charge in [-0.15, -0.1) is 0 Å². The molecular weight excluding hydrogens is 324 g/mol. The highest BCUT2D eigenvalue weighted by Gasteiger charge is 2.57. The number of hydrogen-bond donors (Lipinski definition) is 2. The van der Waals surface area contributed by atoms with E-state index in [4.69, 9.17) is 0 Å². The summed E-state index contributed by atoms with van der Waals surface area (Å²) in [6.45, 7) is 3.92. The first-order chi connectivity index (χ1) is 11.8. The lowest BCUT2D eigenvalue weighted by Crippen LogP contribution is -2.37. The van der Waals surface area contributed by atoms with Gasteiger partial charge in [-0.1, -0.05) is 17.2 Å². The van der Waals surface area contributed by atoms with Crippen LogP contribution in [-0.4, -0.2) is 21.9 Å². The topological polar surface area (TPSA) is 110 Å². The summed E-state index contributed by atoms with van der Waals surface area (Å²) in [4.78, 5) is 34.9. The Morgan fingerprint density at radius 2 is 1.84 bits per heavy atom. The number of carboxylic acid groups (broad SMARTS) is 1. The molecule has 0 radical (unpaired) electrons. The van der Waals surface area contributed by atoms with E-state index < -0.39 is 22.7 Å². The number of aliphatic carboxylic acids is 1. The number of amides is 1. The van der Waals surface area contributed by atoms with Crippen LogP contribution in [0.3, 0.4) is 0 Å². The molecule has 2 bridgehead atoms. The molecule has 2 aliphatic carbocycles. The number of allylic oxidation sites excluding steroid dienone is 2. The van der Waals surface area contributed by atoms with Gasteiger partial charge in [-0.2, -0.15) is 0 Å². The first kappa shape index (κ1) is 17.1. The molecule has 2 saturated carbocycles. The zero-order valence-electron chi connectivity index (χ0n) is 14.1. The maximum Gasteiger partial charge on any atom is 0.307 e. The lowest BCUT2D eigenvalue weighted by Gasteiger charge is -2.26. The summed E-state index contributed by atoms with van der Waals surface area (Å²) < 4.78 is 0. The number of nitrogens with one attached hydrogen (secondary N) is 1. The Balaban J connectivity index is 1.88. The van der Waals surface area contributed by atoms with Crippen molar-refractivity contribution in [1.29, 1.82) is 0 Å². The van der Waals surface area contributed by atoms with E-state index in [0.29, 0.717) is 5.69 Å². The lowest BCUT2D eigenvalue weighted by atomic mass is 9.78. The maximum absolute atomic E-state index is 12.8. The van der Waals surface area contributed by atoms with Crippen LogP contribution in [0.2, 0.25) is 0 Å². The molecule has 25 heavy (non-hydrogen) atoms. The molecule has 0 saturated heterocycles. The predicted molar refractivity (Wildman–Crippen MR) is 90.9 cm³/mol. The van der Waals surface area contributed by atoms with Crippen molar-refractivity contribution in [2.75, 3.05) is 5.32 Å². The third kappa shape index (κ3) is 2.90. The number of anilines is 1. The van der Waals surface area contributed by atoms with E-state index in [1.165, 1.54) is 18.2 Å². The van der Waals surface area contributed by atoms with E-state index in [0.717, 1.165) is 24.0 Å². The summed E-state index contributed by atoms with van der Waals surface area (Å²) in [7, 11) is 0. The van der Waals surface area contributed by atoms with Gasteiger partial charge in [-0.3, -0.25) is 19.7 Å². The second-order valence-electron chi connectivity index (χ2n) is 6.93. The van der Waals surface area contributed by atoms with Gasteiger partial charge >= 0.3 is 5.97 Å². The first-order valence-corrected chi connectivity index (χ1v) is 8.26. The molecule has 132 valence electrons. The molecular formula is C18H20N2O5. The van der Waals surface area contributed by atoms with Crippen LogP contribution in [0.15, 0.2) is 35.4 Å². The van der Waals surface area contributed by atoms with Crippen LogP contribution in [0, 0.1) is 33.8 Å². The number of benzene rings is 1. The standard InChI is InChI=1S/C18H20N2O5/c1-9(2)14-12-6-7-13(14)16(18(22)23)15(12)17(21)19-10-4-3-5-11(8-10)20(24)25/h3-5,8,12-13,15-16H,6-7H2,1-2H3,(H,19,21)(H,22,23)/t12-,13+,15+,16+/m0/s1. The number of hydrogen-bond acceptors (Lipinski definition) is 4. The van der Waals surface area contributed by atoms with E-state index in [-0.39, 0.29) is 23.4 Å². The van der Waals surface area contributed by atoms with Gasteiger partial charge in [0.15, 0.2) is 0 Å². The molecule has 1 aromatic rings. The predicted octanol–water partition coefficient (Wildman–Crippen LogP) is 3.23. The van der Waals surface area contributed by atoms with E-state index >= 15 is 0 Å². The van der Waals surface area contributed by atoms with Gasteiger partial charge in [0.05, 0.1) is 16.8 Å². The van der Waals surface area contributed by atoms with E-state index in [9.17, 15) is 24.8 Å². The molecule has 4 atom stereocenters. The van der Waals surface area contributed by atoms with Crippen LogP contribution in [0.5, 0.6) is 0 Å². The number of carbonyl (C=O) groups excluding carboxylic acids is 1. The second-order valence-corrected chi connectivity index (χ2v) is 6.93. The highest BCUT2D eigenvalue weighted by atomic mass is 16.6. The number of nitro groups is 1. The van der Waals surface area contributed by atoms with E-state index in [1.807, 2.05) is 13.8 Å². The minimum absolute atomic E-state index is 0.0604. The smallest absolute Gasteiger partial charge is 0.307 e. The van der Waals surface area contributed by atoms with Crippen LogP contribution < -0.4 is 5.32 Å². The normalized spacial score (nSPS) is 27.2. The van der Waals surface area contributed by atoms with Crippen molar-refractivity contribution < 1.29 is 19.6 Å². The van der Waals surface area contributed by atoms with Gasteiger partial charge in [0.25, 0.3) is 5.69 Å². The summed E-state index contributed by atoms with van der Waals surface area (Å²) in [6, 6.07) is 5.68. The maximum atomic E-state index is 12.8. The van der Waals surface area contributed by atoms with Gasteiger partial charge in [0.1, 0.15) is 0 Å². The quantitative estimate of drug-likeness (QED) is 0.495. The molecule has 7 heteroatoms. The third-order valence-corrected chi connectivity index (χ3v) is 5.33. The Morgan fingerprint density at radius 1 is 1.20 bits per heavy atom. The highest BCUT2D eigenvalue weighted by Crippen LogP contribution is 2.57. The largest absolute Gasteiger partial charge is 0.481 e. The summed E-state index contributed by atoms with van der Waals surface area (Å²) >= 11 is 0. The van der Waals surface area contributed by atoms with Crippen LogP contribution >= 0.6 is 0 Å². The van der Waals surface area contributed by atoms with E-state index in [1.54, 1.807) is 6.07 Å². The number of nitrogens with zero attached hydrogens (tertiary/aromatic N) is 1. The van der Waals surface area contributed by atoms with Gasteiger partial charge < -0.3 is 10.4 Å². The average Bonchev–Trinajstić information content (AvgIpc) is 3.11. The molecule has 0 heterocycles. The summed E-state index contributed by atoms with van der Waals surface area (Å²) in [6.07, 6.45) is 1.60. The Kier molecular flexibility index (Phi) is 4.32. The number of carbonyl (C=O) groups is 2. The Labute approximate surface area is 144 Å². The molecule has 2 fully saturated rings. The van der Waals surface area contributed by atoms with Crippen molar-refractivity contribution in [1.82, 2.24) is 0 Å². The van der Waals surface area contributed by atoms with Gasteiger partial charge in [0.2, 0.25) is 5.91 Å². The molecule has 3 rings (SSSR count). The van der Waals surface area contributed by atoms with Gasteiger partial charge in [0, 0.05) is 17.8 Å². The lowest BCUT2D eigenvalue weighted by molar-refractivity contribution is -0.384. The number of fused-ring (bicyclic) bond motifs is 2. The summed E-state index contributed by atoms with van der Waals surface area (Å²) in [5.41, 5.74) is 2.38. The van der Waals surface area contributed by atoms with Crippen LogP contribution in [-0.2, 0) is 9.59 Å². The Bertz CT molecular complexity index is 781. The molecule has 0 aliphatic heterocycles. The SMILES string of the molecule is CC(C)=C1[C@H]2CC[C@@H]1[C@@H](C(=O)Nc1cccc([N+](=O)[O-])c1)[C@@H]2C(=O)O. The number of rotatable bonds is 4. The van der Waals surface area contributed by atoms with Crippen molar-refractivity contribution in [3.8, 4) is 0 Å². The molecule has 2 aliphatic rings. The van der Waals surface area contributed by atoms with E-state index in [2.05, 4.69) is 5.32 Å². The monoisotopic (exact) mass is 344 g/mol. The van der Waals surface area contributed by atoms with Crippen LogP contribution in [0.25, 0.3) is 0 Å².